The third-order valence-electron chi connectivity index (χ3n) is 7.25. The molecule has 1 aliphatic carbocycles. The molecule has 1 aromatic rings. The Morgan fingerprint density at radius 1 is 1.13 bits per heavy atom. The average Bonchev–Trinajstić information content (AvgIpc) is 2.94. The normalized spacial score (nSPS) is 44.4. The molecule has 4 aliphatic heterocycles. The quantitative estimate of drug-likeness (QED) is 0.409. The van der Waals surface area contributed by atoms with Crippen molar-refractivity contribution in [1.29, 1.82) is 0 Å². The molecule has 6 rings (SSSR count). The van der Waals surface area contributed by atoms with Gasteiger partial charge in [0.05, 0.1) is 5.92 Å². The van der Waals surface area contributed by atoms with Crippen LogP contribution < -0.4 is 4.74 Å². The smallest absolute Gasteiger partial charge is 0.432 e. The first-order valence-corrected chi connectivity index (χ1v) is 10.5. The first kappa shape index (κ1) is 19.8. The number of carbonyl (C=O) groups excluding carboxylic acids is 2. The van der Waals surface area contributed by atoms with Gasteiger partial charge in [0.2, 0.25) is 12.1 Å². The van der Waals surface area contributed by atoms with Crippen LogP contribution in [0.2, 0.25) is 0 Å². The lowest BCUT2D eigenvalue weighted by Gasteiger charge is -2.58. The number of para-hydroxylation sites is 1. The highest BCUT2D eigenvalue weighted by Crippen LogP contribution is 2.60. The molecule has 0 radical (unpaired) electrons. The zero-order valence-electron chi connectivity index (χ0n) is 17.2. The van der Waals surface area contributed by atoms with E-state index in [0.717, 1.165) is 6.42 Å². The molecule has 1 spiro atoms. The summed E-state index contributed by atoms with van der Waals surface area (Å²) >= 11 is 0. The lowest BCUT2D eigenvalue weighted by atomic mass is 9.57. The van der Waals surface area contributed by atoms with Crippen LogP contribution in [0.5, 0.6) is 5.75 Å². The van der Waals surface area contributed by atoms with Gasteiger partial charge in [0.1, 0.15) is 11.9 Å². The predicted molar refractivity (Wildman–Crippen MR) is 101 cm³/mol. The van der Waals surface area contributed by atoms with Crippen LogP contribution in [0.25, 0.3) is 0 Å². The van der Waals surface area contributed by atoms with Crippen LogP contribution in [-0.4, -0.2) is 35.9 Å². The molecule has 8 atom stereocenters. The van der Waals surface area contributed by atoms with Crippen molar-refractivity contribution >= 4 is 12.1 Å². The first-order valence-electron chi connectivity index (χ1n) is 10.5. The minimum Gasteiger partial charge on any atom is -0.432 e. The number of fused-ring (bicyclic) bond motifs is 2. The summed E-state index contributed by atoms with van der Waals surface area (Å²) in [5.74, 6) is -1.75. The average molecular weight is 418 g/mol. The standard InChI is InChI=1S/C22H26O8/c1-12-15-9-10-21(3)28-19-22(15,30-29-21)16(13(2)18(23)27-19)11-17(12)26-20(24)25-14-7-5-4-6-8-14/h4-8,12-13,15-17,19H,9-11H2,1-3H3/t12-,13+,15-,16-,17-,19+,21?,22+/m0/s1. The van der Waals surface area contributed by atoms with E-state index in [4.69, 9.17) is 28.7 Å². The molecule has 8 nitrogen and oxygen atoms in total. The summed E-state index contributed by atoms with van der Waals surface area (Å²) in [5.41, 5.74) is -0.911. The van der Waals surface area contributed by atoms with Gasteiger partial charge < -0.3 is 18.9 Å². The Kier molecular flexibility index (Phi) is 4.57. The van der Waals surface area contributed by atoms with Crippen LogP contribution in [0.3, 0.4) is 0 Å². The van der Waals surface area contributed by atoms with Gasteiger partial charge in [-0.2, -0.15) is 0 Å². The number of benzene rings is 1. The Bertz CT molecular complexity index is 843. The summed E-state index contributed by atoms with van der Waals surface area (Å²) in [6.45, 7) is 5.62. The van der Waals surface area contributed by atoms with Gasteiger partial charge in [0.25, 0.3) is 0 Å². The van der Waals surface area contributed by atoms with Crippen molar-refractivity contribution in [1.82, 2.24) is 0 Å². The molecule has 5 aliphatic rings. The third-order valence-corrected chi connectivity index (χ3v) is 7.25. The van der Waals surface area contributed by atoms with Gasteiger partial charge in [-0.15, -0.1) is 0 Å². The molecule has 4 saturated heterocycles. The Balaban J connectivity index is 1.42. The maximum atomic E-state index is 12.6. The molecule has 0 N–H and O–H groups in total. The molecule has 5 fully saturated rings. The van der Waals surface area contributed by atoms with Crippen molar-refractivity contribution in [2.45, 2.75) is 63.8 Å². The fraction of sp³-hybridized carbons (Fsp3) is 0.636. The topological polar surface area (TPSA) is 89.5 Å². The molecule has 8 heteroatoms. The van der Waals surface area contributed by atoms with E-state index in [9.17, 15) is 9.59 Å². The van der Waals surface area contributed by atoms with Gasteiger partial charge >= 0.3 is 12.1 Å². The maximum Gasteiger partial charge on any atom is 0.514 e. The molecule has 1 saturated carbocycles. The van der Waals surface area contributed by atoms with E-state index < -0.39 is 35.9 Å². The molecule has 4 heterocycles. The third kappa shape index (κ3) is 2.92. The predicted octanol–water partition coefficient (Wildman–Crippen LogP) is 3.59. The minimum absolute atomic E-state index is 0.0660. The summed E-state index contributed by atoms with van der Waals surface area (Å²) in [6, 6.07) is 8.79. The molecule has 1 aromatic carbocycles. The van der Waals surface area contributed by atoms with Crippen molar-refractivity contribution < 1.29 is 38.3 Å². The van der Waals surface area contributed by atoms with E-state index in [0.29, 0.717) is 18.6 Å². The van der Waals surface area contributed by atoms with Crippen LogP contribution in [0, 0.1) is 23.7 Å². The maximum absolute atomic E-state index is 12.6. The number of carbonyl (C=O) groups is 2. The van der Waals surface area contributed by atoms with E-state index in [1.165, 1.54) is 0 Å². The molecule has 30 heavy (non-hydrogen) atoms. The molecular formula is C22H26O8. The Hall–Kier alpha value is -2.16. The summed E-state index contributed by atoms with van der Waals surface area (Å²) in [5, 5.41) is 0. The highest BCUT2D eigenvalue weighted by Gasteiger charge is 2.71. The first-order chi connectivity index (χ1) is 14.3. The highest BCUT2D eigenvalue weighted by molar-refractivity contribution is 5.74. The molecular weight excluding hydrogens is 392 g/mol. The lowest BCUT2D eigenvalue weighted by molar-refractivity contribution is -0.560. The van der Waals surface area contributed by atoms with E-state index in [-0.39, 0.29) is 23.7 Å². The van der Waals surface area contributed by atoms with Crippen molar-refractivity contribution in [3.8, 4) is 5.75 Å². The fourth-order valence-electron chi connectivity index (χ4n) is 5.59. The Morgan fingerprint density at radius 2 is 1.90 bits per heavy atom. The number of rotatable bonds is 2. The second-order valence-electron chi connectivity index (χ2n) is 9.00. The zero-order valence-corrected chi connectivity index (χ0v) is 17.2. The molecule has 2 bridgehead atoms. The second kappa shape index (κ2) is 6.93. The van der Waals surface area contributed by atoms with E-state index >= 15 is 0 Å². The van der Waals surface area contributed by atoms with Gasteiger partial charge in [-0.05, 0) is 37.8 Å². The number of esters is 1. The largest absolute Gasteiger partial charge is 0.514 e. The van der Waals surface area contributed by atoms with E-state index in [2.05, 4.69) is 0 Å². The summed E-state index contributed by atoms with van der Waals surface area (Å²) < 4.78 is 22.8. The van der Waals surface area contributed by atoms with Crippen molar-refractivity contribution in [2.75, 3.05) is 0 Å². The van der Waals surface area contributed by atoms with Crippen LogP contribution in [0.1, 0.15) is 40.0 Å². The SMILES string of the molecule is C[C@@H]1[C@@H](OC(=O)Oc2ccccc2)C[C@H]2[C@@H](C)C(=O)O[C@@H]3OC4(C)CC[C@@H]1[C@]32OO4. The Labute approximate surface area is 174 Å². The van der Waals surface area contributed by atoms with Gasteiger partial charge in [-0.25, -0.2) is 14.6 Å². The summed E-state index contributed by atoms with van der Waals surface area (Å²) in [7, 11) is 0. The molecule has 0 aromatic heterocycles. The summed E-state index contributed by atoms with van der Waals surface area (Å²) in [6.07, 6.45) is -0.267. The van der Waals surface area contributed by atoms with Crippen molar-refractivity contribution in [2.24, 2.45) is 23.7 Å². The van der Waals surface area contributed by atoms with Gasteiger partial charge in [-0.1, -0.05) is 32.0 Å². The van der Waals surface area contributed by atoms with Crippen LogP contribution in [0.15, 0.2) is 30.3 Å². The lowest BCUT2D eigenvalue weighted by Crippen LogP contribution is -2.71. The van der Waals surface area contributed by atoms with Crippen molar-refractivity contribution in [3.05, 3.63) is 30.3 Å². The molecule has 0 amide bonds. The van der Waals surface area contributed by atoms with Gasteiger partial charge in [-0.3, -0.25) is 4.79 Å². The minimum atomic E-state index is -0.971. The summed E-state index contributed by atoms with van der Waals surface area (Å²) in [4.78, 5) is 36.7. The van der Waals surface area contributed by atoms with Gasteiger partial charge in [0, 0.05) is 18.3 Å². The van der Waals surface area contributed by atoms with Crippen molar-refractivity contribution in [3.63, 3.8) is 0 Å². The second-order valence-corrected chi connectivity index (χ2v) is 9.00. The molecule has 1 unspecified atom stereocenters. The van der Waals surface area contributed by atoms with Gasteiger partial charge in [0.15, 0.2) is 5.60 Å². The van der Waals surface area contributed by atoms with E-state index in [1.807, 2.05) is 19.9 Å². The Morgan fingerprint density at radius 3 is 2.67 bits per heavy atom. The fourth-order valence-corrected chi connectivity index (χ4v) is 5.59. The molecule has 162 valence electrons. The number of hydrogen-bond donors (Lipinski definition) is 0. The highest BCUT2D eigenvalue weighted by atomic mass is 17.3. The zero-order chi connectivity index (χ0) is 21.1. The van der Waals surface area contributed by atoms with Crippen LogP contribution in [-0.2, 0) is 28.8 Å². The van der Waals surface area contributed by atoms with E-state index in [1.54, 1.807) is 31.2 Å². The monoisotopic (exact) mass is 418 g/mol. The van der Waals surface area contributed by atoms with Crippen LogP contribution in [0.4, 0.5) is 4.79 Å². The van der Waals surface area contributed by atoms with Crippen LogP contribution >= 0.6 is 0 Å². The number of hydrogen-bond acceptors (Lipinski definition) is 8. The number of ether oxygens (including phenoxy) is 4.